The lowest BCUT2D eigenvalue weighted by molar-refractivity contribution is -0.134. The zero-order chi connectivity index (χ0) is 22.2. The predicted octanol–water partition coefficient (Wildman–Crippen LogP) is 2.87. The standard InChI is InChI=1S/C22H28N6O2S/c1-3-19(29)22(30)26-21-13-17(15-31-21)14-27-9-11-28(12-10-27)18-5-6-20(25-16(18)2)24-8-4-7-23/h4-8,13,15H,3,9-12,14,23H2,1-2H3,(H,26,30)/b7-4-,24-8?. The number of rotatable bonds is 8. The Morgan fingerprint density at radius 1 is 1.29 bits per heavy atom. The maximum atomic E-state index is 11.7. The summed E-state index contributed by atoms with van der Waals surface area (Å²) in [6.45, 7) is 8.21. The summed E-state index contributed by atoms with van der Waals surface area (Å²) in [4.78, 5) is 36.8. The van der Waals surface area contributed by atoms with E-state index in [0.717, 1.165) is 49.7 Å². The number of pyridine rings is 1. The van der Waals surface area contributed by atoms with Crippen LogP contribution in [0.4, 0.5) is 16.5 Å². The van der Waals surface area contributed by atoms with E-state index in [1.54, 1.807) is 19.2 Å². The number of hydrogen-bond acceptors (Lipinski definition) is 8. The molecule has 3 rings (SSSR count). The third kappa shape index (κ3) is 6.22. The molecule has 8 nitrogen and oxygen atoms in total. The first kappa shape index (κ1) is 22.6. The van der Waals surface area contributed by atoms with Gasteiger partial charge in [-0.15, -0.1) is 11.3 Å². The fourth-order valence-electron chi connectivity index (χ4n) is 3.39. The topological polar surface area (TPSA) is 104 Å². The van der Waals surface area contributed by atoms with Crippen molar-refractivity contribution in [2.45, 2.75) is 26.8 Å². The highest BCUT2D eigenvalue weighted by Gasteiger charge is 2.20. The van der Waals surface area contributed by atoms with E-state index < -0.39 is 11.7 Å². The van der Waals surface area contributed by atoms with E-state index in [4.69, 9.17) is 5.73 Å². The van der Waals surface area contributed by atoms with Gasteiger partial charge in [-0.1, -0.05) is 6.92 Å². The molecule has 9 heteroatoms. The molecular formula is C22H28N6O2S. The number of amides is 1. The summed E-state index contributed by atoms with van der Waals surface area (Å²) in [5.74, 6) is -0.275. The number of ketones is 1. The molecule has 0 saturated carbocycles. The lowest BCUT2D eigenvalue weighted by atomic mass is 10.2. The summed E-state index contributed by atoms with van der Waals surface area (Å²) in [7, 11) is 0. The highest BCUT2D eigenvalue weighted by atomic mass is 32.1. The van der Waals surface area contributed by atoms with Crippen molar-refractivity contribution in [3.8, 4) is 0 Å². The Bertz CT molecular complexity index is 976. The molecule has 1 amide bonds. The summed E-state index contributed by atoms with van der Waals surface area (Å²) < 4.78 is 0. The second kappa shape index (κ2) is 10.8. The first-order valence-corrected chi connectivity index (χ1v) is 11.2. The van der Waals surface area contributed by atoms with Gasteiger partial charge in [0.25, 0.3) is 5.91 Å². The maximum Gasteiger partial charge on any atom is 0.292 e. The van der Waals surface area contributed by atoms with Gasteiger partial charge in [0, 0.05) is 45.4 Å². The molecule has 2 aromatic heterocycles. The van der Waals surface area contributed by atoms with Crippen LogP contribution in [0.15, 0.2) is 40.8 Å². The van der Waals surface area contributed by atoms with Crippen LogP contribution >= 0.6 is 11.3 Å². The van der Waals surface area contributed by atoms with Crippen molar-refractivity contribution in [1.82, 2.24) is 9.88 Å². The largest absolute Gasteiger partial charge is 0.405 e. The Hall–Kier alpha value is -3.04. The number of nitrogens with two attached hydrogens (primary N) is 1. The van der Waals surface area contributed by atoms with Crippen molar-refractivity contribution in [2.75, 3.05) is 36.4 Å². The van der Waals surface area contributed by atoms with E-state index in [9.17, 15) is 9.59 Å². The normalized spacial score (nSPS) is 15.1. The molecule has 0 aromatic carbocycles. The number of aromatic nitrogens is 1. The summed E-state index contributed by atoms with van der Waals surface area (Å²) >= 11 is 1.45. The van der Waals surface area contributed by atoms with Crippen LogP contribution in [0.25, 0.3) is 0 Å². The van der Waals surface area contributed by atoms with Crippen LogP contribution in [0.3, 0.4) is 0 Å². The number of aliphatic imine (C=N–C) groups is 1. The van der Waals surface area contributed by atoms with Crippen molar-refractivity contribution in [2.24, 2.45) is 10.7 Å². The fraction of sp³-hybridized carbons (Fsp3) is 0.364. The SMILES string of the molecule is CCC(=O)C(=O)Nc1cc(CN2CCN(c3ccc(N=C/C=C\N)nc3C)CC2)cs1. The van der Waals surface area contributed by atoms with E-state index in [0.29, 0.717) is 10.8 Å². The molecule has 3 N–H and O–H groups in total. The second-order valence-electron chi connectivity index (χ2n) is 7.25. The Balaban J connectivity index is 1.52. The molecule has 0 radical (unpaired) electrons. The van der Waals surface area contributed by atoms with Crippen LogP contribution in [-0.2, 0) is 16.1 Å². The quantitative estimate of drug-likeness (QED) is 0.483. The fourth-order valence-corrected chi connectivity index (χ4v) is 4.18. The van der Waals surface area contributed by atoms with Crippen LogP contribution in [0.2, 0.25) is 0 Å². The van der Waals surface area contributed by atoms with Gasteiger partial charge in [-0.05, 0) is 48.3 Å². The Morgan fingerprint density at radius 2 is 2.06 bits per heavy atom. The van der Waals surface area contributed by atoms with Gasteiger partial charge < -0.3 is 16.0 Å². The number of aryl methyl sites for hydroxylation is 1. The van der Waals surface area contributed by atoms with E-state index in [-0.39, 0.29) is 6.42 Å². The summed E-state index contributed by atoms with van der Waals surface area (Å²) in [5.41, 5.74) is 8.54. The van der Waals surface area contributed by atoms with Gasteiger partial charge >= 0.3 is 0 Å². The van der Waals surface area contributed by atoms with E-state index in [1.807, 2.05) is 24.4 Å². The average molecular weight is 441 g/mol. The number of hydrogen-bond donors (Lipinski definition) is 2. The van der Waals surface area contributed by atoms with Crippen LogP contribution in [0, 0.1) is 6.92 Å². The molecule has 1 aliphatic rings. The molecule has 164 valence electrons. The lowest BCUT2D eigenvalue weighted by Crippen LogP contribution is -2.46. The van der Waals surface area contributed by atoms with Gasteiger partial charge in [-0.25, -0.2) is 9.98 Å². The Kier molecular flexibility index (Phi) is 7.91. The van der Waals surface area contributed by atoms with Crippen molar-refractivity contribution >= 4 is 45.7 Å². The molecular weight excluding hydrogens is 412 g/mol. The third-order valence-electron chi connectivity index (χ3n) is 5.03. The monoisotopic (exact) mass is 440 g/mol. The van der Waals surface area contributed by atoms with Crippen molar-refractivity contribution < 1.29 is 9.59 Å². The van der Waals surface area contributed by atoms with Crippen LogP contribution in [-0.4, -0.2) is 54.0 Å². The zero-order valence-corrected chi connectivity index (χ0v) is 18.7. The van der Waals surface area contributed by atoms with Crippen LogP contribution < -0.4 is 16.0 Å². The van der Waals surface area contributed by atoms with Gasteiger partial charge in [0.1, 0.15) is 0 Å². The molecule has 0 bridgehead atoms. The highest BCUT2D eigenvalue weighted by molar-refractivity contribution is 7.14. The van der Waals surface area contributed by atoms with Crippen molar-refractivity contribution in [3.63, 3.8) is 0 Å². The minimum Gasteiger partial charge on any atom is -0.405 e. The zero-order valence-electron chi connectivity index (χ0n) is 17.9. The minimum atomic E-state index is -0.541. The Labute approximate surface area is 186 Å². The van der Waals surface area contributed by atoms with E-state index in [2.05, 4.69) is 31.2 Å². The number of nitrogens with zero attached hydrogens (tertiary/aromatic N) is 4. The van der Waals surface area contributed by atoms with Gasteiger partial charge in [-0.2, -0.15) is 0 Å². The predicted molar refractivity (Wildman–Crippen MR) is 126 cm³/mol. The molecule has 1 fully saturated rings. The summed E-state index contributed by atoms with van der Waals surface area (Å²) in [5, 5.41) is 5.43. The summed E-state index contributed by atoms with van der Waals surface area (Å²) in [6.07, 6.45) is 4.94. The number of nitrogens with one attached hydrogen (secondary N) is 1. The second-order valence-corrected chi connectivity index (χ2v) is 8.16. The number of piperazine rings is 1. The van der Waals surface area contributed by atoms with E-state index >= 15 is 0 Å². The molecule has 0 atom stereocenters. The number of thiophene rings is 1. The molecule has 3 heterocycles. The third-order valence-corrected chi connectivity index (χ3v) is 5.93. The van der Waals surface area contributed by atoms with Gasteiger partial charge in [0.05, 0.1) is 16.4 Å². The molecule has 0 spiro atoms. The van der Waals surface area contributed by atoms with Crippen LogP contribution in [0.5, 0.6) is 0 Å². The average Bonchev–Trinajstić information content (AvgIpc) is 3.20. The smallest absolute Gasteiger partial charge is 0.292 e. The van der Waals surface area contributed by atoms with Gasteiger partial charge in [0.15, 0.2) is 5.82 Å². The minimum absolute atomic E-state index is 0.213. The van der Waals surface area contributed by atoms with Crippen molar-refractivity contribution in [3.05, 3.63) is 47.1 Å². The van der Waals surface area contributed by atoms with Crippen molar-refractivity contribution in [1.29, 1.82) is 0 Å². The first-order chi connectivity index (χ1) is 15.0. The molecule has 31 heavy (non-hydrogen) atoms. The lowest BCUT2D eigenvalue weighted by Gasteiger charge is -2.36. The molecule has 2 aromatic rings. The van der Waals surface area contributed by atoms with Gasteiger partial charge in [-0.3, -0.25) is 14.5 Å². The number of allylic oxidation sites excluding steroid dienone is 1. The number of Topliss-reactive ketones (excluding diaryl/α,β-unsaturated/α-hetero) is 1. The number of anilines is 2. The number of carbonyl (C=O) groups is 2. The maximum absolute atomic E-state index is 11.7. The number of carbonyl (C=O) groups excluding carboxylic acids is 2. The molecule has 0 aliphatic carbocycles. The molecule has 1 aliphatic heterocycles. The Morgan fingerprint density at radius 3 is 2.74 bits per heavy atom. The van der Waals surface area contributed by atoms with E-state index in [1.165, 1.54) is 17.5 Å². The van der Waals surface area contributed by atoms with Gasteiger partial charge in [0.2, 0.25) is 5.78 Å². The molecule has 1 saturated heterocycles. The highest BCUT2D eigenvalue weighted by Crippen LogP contribution is 2.25. The van der Waals surface area contributed by atoms with Crippen LogP contribution in [0.1, 0.15) is 24.6 Å². The summed E-state index contributed by atoms with van der Waals surface area (Å²) in [6, 6.07) is 5.94. The first-order valence-electron chi connectivity index (χ1n) is 10.3. The molecule has 0 unspecified atom stereocenters.